The van der Waals surface area contributed by atoms with Crippen molar-refractivity contribution in [3.05, 3.63) is 47.5 Å². The number of benzene rings is 1. The van der Waals surface area contributed by atoms with Crippen molar-refractivity contribution in [1.82, 2.24) is 0 Å². The van der Waals surface area contributed by atoms with Gasteiger partial charge in [0.1, 0.15) is 0 Å². The molecule has 1 fully saturated rings. The highest BCUT2D eigenvalue weighted by molar-refractivity contribution is 5.99. The highest BCUT2D eigenvalue weighted by Gasteiger charge is 2.51. The molecule has 96 valence electrons. The largest absolute Gasteiger partial charge is 0.294 e. The van der Waals surface area contributed by atoms with Crippen LogP contribution in [0.2, 0.25) is 0 Å². The summed E-state index contributed by atoms with van der Waals surface area (Å²) in [4.78, 5) is 12.1. The maximum atomic E-state index is 12.1. The first-order chi connectivity index (χ1) is 8.15. The van der Waals surface area contributed by atoms with Crippen molar-refractivity contribution in [3.8, 4) is 0 Å². The zero-order valence-corrected chi connectivity index (χ0v) is 12.0. The second-order valence-electron chi connectivity index (χ2n) is 6.88. The van der Waals surface area contributed by atoms with Gasteiger partial charge in [-0.05, 0) is 11.0 Å². The first-order valence-corrected chi connectivity index (χ1v) is 6.50. The van der Waals surface area contributed by atoms with Gasteiger partial charge in [0.25, 0.3) is 0 Å². The smallest absolute Gasteiger partial charge is 0.168 e. The Hall–Kier alpha value is -1.37. The van der Waals surface area contributed by atoms with Crippen LogP contribution in [0.15, 0.2) is 36.4 Å². The number of hydrogen-bond acceptors (Lipinski definition) is 1. The van der Waals surface area contributed by atoms with Gasteiger partial charge >= 0.3 is 0 Å². The second-order valence-corrected chi connectivity index (χ2v) is 6.88. The van der Waals surface area contributed by atoms with Gasteiger partial charge in [-0.1, -0.05) is 71.0 Å². The fraction of sp³-hybridized carbons (Fsp3) is 0.471. The Balaban J connectivity index is 2.23. The molecule has 1 nitrogen and oxygen atoms in total. The summed E-state index contributed by atoms with van der Waals surface area (Å²) in [5.41, 5.74) is 3.27. The Kier molecular flexibility index (Phi) is 2.77. The summed E-state index contributed by atoms with van der Waals surface area (Å²) in [5.74, 6) is 0.652. The zero-order valence-electron chi connectivity index (χ0n) is 12.0. The van der Waals surface area contributed by atoms with Gasteiger partial charge in [0.05, 0.1) is 0 Å². The lowest BCUT2D eigenvalue weighted by Gasteiger charge is -2.16. The highest BCUT2D eigenvalue weighted by Crippen LogP contribution is 2.62. The number of carbonyl (C=O) groups is 1. The van der Waals surface area contributed by atoms with Crippen LogP contribution in [0, 0.1) is 10.8 Å². The third-order valence-electron chi connectivity index (χ3n) is 4.00. The maximum Gasteiger partial charge on any atom is 0.168 e. The molecule has 1 atom stereocenters. The van der Waals surface area contributed by atoms with Crippen LogP contribution in [-0.2, 0) is 0 Å². The van der Waals surface area contributed by atoms with Gasteiger partial charge in [0, 0.05) is 16.9 Å². The number of hydrogen-bond donors (Lipinski definition) is 0. The molecular weight excluding hydrogens is 220 g/mol. The van der Waals surface area contributed by atoms with Crippen molar-refractivity contribution in [1.29, 1.82) is 0 Å². The van der Waals surface area contributed by atoms with Crippen molar-refractivity contribution < 1.29 is 4.79 Å². The van der Waals surface area contributed by atoms with Crippen molar-refractivity contribution in [3.63, 3.8) is 0 Å². The van der Waals surface area contributed by atoms with E-state index in [1.54, 1.807) is 0 Å². The zero-order chi connectivity index (χ0) is 13.7. The molecule has 1 aliphatic rings. The van der Waals surface area contributed by atoms with Crippen LogP contribution >= 0.6 is 0 Å². The van der Waals surface area contributed by atoms with Gasteiger partial charge in [-0.3, -0.25) is 4.79 Å². The number of carbonyl (C=O) groups excluding carboxylic acids is 1. The van der Waals surface area contributed by atoms with Gasteiger partial charge in [-0.25, -0.2) is 0 Å². The molecule has 0 amide bonds. The molecule has 1 heteroatoms. The molecule has 1 unspecified atom stereocenters. The normalized spacial score (nSPS) is 21.8. The molecule has 0 aliphatic heterocycles. The van der Waals surface area contributed by atoms with E-state index < -0.39 is 0 Å². The molecule has 1 aromatic carbocycles. The molecule has 0 aromatic heterocycles. The molecule has 18 heavy (non-hydrogen) atoms. The van der Waals surface area contributed by atoms with Crippen molar-refractivity contribution in [2.75, 3.05) is 0 Å². The van der Waals surface area contributed by atoms with E-state index in [4.69, 9.17) is 0 Å². The van der Waals surface area contributed by atoms with Crippen molar-refractivity contribution >= 4 is 5.78 Å². The first-order valence-electron chi connectivity index (χ1n) is 6.50. The summed E-state index contributed by atoms with van der Waals surface area (Å²) in [6.45, 7) is 14.4. The topological polar surface area (TPSA) is 17.1 Å². The molecule has 1 saturated carbocycles. The molecule has 0 bridgehead atoms. The number of rotatable bonds is 2. The molecule has 0 N–H and O–H groups in total. The molecule has 0 heterocycles. The number of allylic oxidation sites excluding steroid dienone is 1. The fourth-order valence-electron chi connectivity index (χ4n) is 2.51. The van der Waals surface area contributed by atoms with Gasteiger partial charge in [-0.15, -0.1) is 0 Å². The summed E-state index contributed by atoms with van der Waals surface area (Å²) < 4.78 is 0. The average molecular weight is 242 g/mol. The lowest BCUT2D eigenvalue weighted by molar-refractivity contribution is 0.0858. The van der Waals surface area contributed by atoms with Crippen LogP contribution < -0.4 is 0 Å². The molecule has 1 aromatic rings. The maximum absolute atomic E-state index is 12.1. The average Bonchev–Trinajstić information content (AvgIpc) is 2.76. The van der Waals surface area contributed by atoms with E-state index in [2.05, 4.69) is 32.6 Å². The minimum Gasteiger partial charge on any atom is -0.294 e. The van der Waals surface area contributed by atoms with E-state index >= 15 is 0 Å². The summed E-state index contributed by atoms with van der Waals surface area (Å²) >= 11 is 0. The number of ketones is 1. The Morgan fingerprint density at radius 3 is 1.94 bits per heavy atom. The third kappa shape index (κ3) is 2.03. The monoisotopic (exact) mass is 242 g/mol. The van der Waals surface area contributed by atoms with Crippen LogP contribution in [-0.4, -0.2) is 5.78 Å². The first kappa shape index (κ1) is 13.1. The Morgan fingerprint density at radius 1 is 1.17 bits per heavy atom. The van der Waals surface area contributed by atoms with Crippen molar-refractivity contribution in [2.24, 2.45) is 10.8 Å². The van der Waals surface area contributed by atoms with Gasteiger partial charge in [0.15, 0.2) is 5.78 Å². The van der Waals surface area contributed by atoms with E-state index in [1.807, 2.05) is 32.9 Å². The molecule has 0 saturated heterocycles. The van der Waals surface area contributed by atoms with Crippen LogP contribution in [0.3, 0.4) is 0 Å². The lowest BCUT2D eigenvalue weighted by Crippen LogP contribution is -2.20. The van der Waals surface area contributed by atoms with Crippen LogP contribution in [0.5, 0.6) is 0 Å². The van der Waals surface area contributed by atoms with Gasteiger partial charge in [-0.2, -0.15) is 0 Å². The Labute approximate surface area is 110 Å². The van der Waals surface area contributed by atoms with Crippen LogP contribution in [0.1, 0.15) is 56.5 Å². The standard InChI is InChI=1S/C17H22O/c1-11-14(17(11,5)6)12-7-9-13(10-8-12)15(18)16(2,3)4/h7-10,14H,1H2,2-6H3. The van der Waals surface area contributed by atoms with E-state index in [1.165, 1.54) is 11.1 Å². The molecule has 0 spiro atoms. The SMILES string of the molecule is C=C1C(c2ccc(C(=O)C(C)(C)C)cc2)C1(C)C. The summed E-state index contributed by atoms with van der Waals surface area (Å²) in [6, 6.07) is 8.04. The third-order valence-corrected chi connectivity index (χ3v) is 4.00. The summed E-state index contributed by atoms with van der Waals surface area (Å²) in [7, 11) is 0. The predicted octanol–water partition coefficient (Wildman–Crippen LogP) is 4.60. The molecule has 2 rings (SSSR count). The van der Waals surface area contributed by atoms with E-state index in [9.17, 15) is 4.79 Å². The molecular formula is C17H22O. The van der Waals surface area contributed by atoms with Gasteiger partial charge in [0.2, 0.25) is 0 Å². The minimum absolute atomic E-state index is 0.197. The van der Waals surface area contributed by atoms with E-state index in [0.717, 1.165) is 5.56 Å². The second kappa shape index (κ2) is 3.81. The quantitative estimate of drug-likeness (QED) is 0.547. The number of Topliss-reactive ketones (excluding diaryl/α,β-unsaturated/α-hetero) is 1. The summed E-state index contributed by atoms with van der Waals surface area (Å²) in [5, 5.41) is 0. The molecule has 0 radical (unpaired) electrons. The van der Waals surface area contributed by atoms with Crippen LogP contribution in [0.25, 0.3) is 0 Å². The van der Waals surface area contributed by atoms with E-state index in [-0.39, 0.29) is 16.6 Å². The Bertz CT molecular complexity index is 497. The molecule has 1 aliphatic carbocycles. The Morgan fingerprint density at radius 2 is 1.61 bits per heavy atom. The van der Waals surface area contributed by atoms with E-state index in [0.29, 0.717) is 5.92 Å². The van der Waals surface area contributed by atoms with Crippen LogP contribution in [0.4, 0.5) is 0 Å². The summed E-state index contributed by atoms with van der Waals surface area (Å²) in [6.07, 6.45) is 0. The van der Waals surface area contributed by atoms with Gasteiger partial charge < -0.3 is 0 Å². The van der Waals surface area contributed by atoms with Crippen molar-refractivity contribution in [2.45, 2.75) is 40.5 Å². The highest BCUT2D eigenvalue weighted by atomic mass is 16.1. The fourth-order valence-corrected chi connectivity index (χ4v) is 2.51. The lowest BCUT2D eigenvalue weighted by atomic mass is 9.86. The minimum atomic E-state index is -0.316. The predicted molar refractivity (Wildman–Crippen MR) is 75.9 cm³/mol.